The standard InChI is InChI=1S/C15H10ClFN2O2/c16-12-4-11(5-13(19)6-12)15(20)21-8-10-3-1-2-9(7-18)14(10)17/h1-6H,8,19H2. The predicted octanol–water partition coefficient (Wildman–Crippen LogP) is 3.29. The lowest BCUT2D eigenvalue weighted by molar-refractivity contribution is 0.0469. The number of benzene rings is 2. The molecule has 4 nitrogen and oxygen atoms in total. The summed E-state index contributed by atoms with van der Waals surface area (Å²) < 4.78 is 18.8. The second kappa shape index (κ2) is 6.25. The number of nitrogens with zero attached hydrogens (tertiary/aromatic N) is 1. The Balaban J connectivity index is 2.13. The minimum atomic E-state index is -0.696. The van der Waals surface area contributed by atoms with E-state index in [2.05, 4.69) is 0 Å². The van der Waals surface area contributed by atoms with Crippen LogP contribution in [0.2, 0.25) is 5.02 Å². The van der Waals surface area contributed by atoms with E-state index in [9.17, 15) is 9.18 Å². The van der Waals surface area contributed by atoms with Crippen LogP contribution in [0.1, 0.15) is 21.5 Å². The lowest BCUT2D eigenvalue weighted by Gasteiger charge is -2.07. The Morgan fingerprint density at radius 2 is 2.14 bits per heavy atom. The Morgan fingerprint density at radius 1 is 1.38 bits per heavy atom. The van der Waals surface area contributed by atoms with Gasteiger partial charge < -0.3 is 10.5 Å². The molecule has 0 spiro atoms. The fraction of sp³-hybridized carbons (Fsp3) is 0.0667. The van der Waals surface area contributed by atoms with Crippen LogP contribution in [0.25, 0.3) is 0 Å². The van der Waals surface area contributed by atoms with Gasteiger partial charge in [0.05, 0.1) is 11.1 Å². The first kappa shape index (κ1) is 14.8. The Bertz CT molecular complexity index is 721. The van der Waals surface area contributed by atoms with Crippen LogP contribution < -0.4 is 5.73 Å². The summed E-state index contributed by atoms with van der Waals surface area (Å²) in [5.74, 6) is -1.37. The minimum Gasteiger partial charge on any atom is -0.457 e. The molecule has 0 atom stereocenters. The molecule has 0 aromatic heterocycles. The average molecular weight is 305 g/mol. The number of hydrogen-bond donors (Lipinski definition) is 1. The zero-order valence-electron chi connectivity index (χ0n) is 10.8. The second-order valence-electron chi connectivity index (χ2n) is 4.24. The molecule has 0 aliphatic rings. The summed E-state index contributed by atoms with van der Waals surface area (Å²) in [4.78, 5) is 11.9. The van der Waals surface area contributed by atoms with E-state index in [-0.39, 0.29) is 23.3 Å². The van der Waals surface area contributed by atoms with Gasteiger partial charge in [0.25, 0.3) is 0 Å². The van der Waals surface area contributed by atoms with E-state index in [1.165, 1.54) is 36.4 Å². The number of nitriles is 1. The van der Waals surface area contributed by atoms with Crippen LogP contribution in [-0.4, -0.2) is 5.97 Å². The van der Waals surface area contributed by atoms with Crippen LogP contribution in [0.4, 0.5) is 10.1 Å². The van der Waals surface area contributed by atoms with Crippen molar-refractivity contribution in [2.75, 3.05) is 5.73 Å². The summed E-state index contributed by atoms with van der Waals surface area (Å²) in [7, 11) is 0. The first-order valence-corrected chi connectivity index (χ1v) is 6.29. The van der Waals surface area contributed by atoms with Gasteiger partial charge in [-0.05, 0) is 24.3 Å². The highest BCUT2D eigenvalue weighted by Gasteiger charge is 2.12. The molecule has 0 fully saturated rings. The lowest BCUT2D eigenvalue weighted by atomic mass is 10.1. The number of halogens is 2. The van der Waals surface area contributed by atoms with E-state index in [4.69, 9.17) is 27.3 Å². The topological polar surface area (TPSA) is 76.1 Å². The fourth-order valence-corrected chi connectivity index (χ4v) is 1.98. The van der Waals surface area contributed by atoms with E-state index in [0.717, 1.165) is 0 Å². The van der Waals surface area contributed by atoms with Crippen molar-refractivity contribution in [2.45, 2.75) is 6.61 Å². The fourth-order valence-electron chi connectivity index (χ4n) is 1.73. The van der Waals surface area contributed by atoms with Gasteiger partial charge in [0.1, 0.15) is 18.5 Å². The zero-order chi connectivity index (χ0) is 15.4. The molecule has 0 bridgehead atoms. The molecule has 0 radical (unpaired) electrons. The minimum absolute atomic E-state index is 0.101. The van der Waals surface area contributed by atoms with Crippen molar-refractivity contribution in [1.82, 2.24) is 0 Å². The van der Waals surface area contributed by atoms with Crippen molar-refractivity contribution in [2.24, 2.45) is 0 Å². The van der Waals surface area contributed by atoms with Crippen molar-refractivity contribution < 1.29 is 13.9 Å². The highest BCUT2D eigenvalue weighted by Crippen LogP contribution is 2.18. The monoisotopic (exact) mass is 304 g/mol. The number of nitrogens with two attached hydrogens (primary N) is 1. The van der Waals surface area contributed by atoms with E-state index in [1.807, 2.05) is 0 Å². The average Bonchev–Trinajstić information content (AvgIpc) is 2.45. The van der Waals surface area contributed by atoms with Gasteiger partial charge in [0, 0.05) is 16.3 Å². The first-order valence-electron chi connectivity index (χ1n) is 5.92. The van der Waals surface area contributed by atoms with Crippen molar-refractivity contribution >= 4 is 23.3 Å². The molecule has 2 N–H and O–H groups in total. The maximum atomic E-state index is 13.8. The van der Waals surface area contributed by atoms with E-state index >= 15 is 0 Å². The van der Waals surface area contributed by atoms with Crippen molar-refractivity contribution in [1.29, 1.82) is 5.26 Å². The second-order valence-corrected chi connectivity index (χ2v) is 4.68. The number of rotatable bonds is 3. The summed E-state index contributed by atoms with van der Waals surface area (Å²) in [6.07, 6.45) is 0. The molecule has 6 heteroatoms. The molecule has 0 amide bonds. The Kier molecular flexibility index (Phi) is 4.41. The SMILES string of the molecule is N#Cc1cccc(COC(=O)c2cc(N)cc(Cl)c2)c1F. The van der Waals surface area contributed by atoms with E-state index < -0.39 is 11.8 Å². The maximum Gasteiger partial charge on any atom is 0.338 e. The largest absolute Gasteiger partial charge is 0.457 e. The van der Waals surface area contributed by atoms with Gasteiger partial charge in [0.2, 0.25) is 0 Å². The summed E-state index contributed by atoms with van der Waals surface area (Å²) in [6.45, 7) is -0.285. The molecule has 21 heavy (non-hydrogen) atoms. The third-order valence-corrected chi connectivity index (χ3v) is 2.93. The molecule has 0 aliphatic heterocycles. The number of esters is 1. The van der Waals surface area contributed by atoms with Crippen LogP contribution in [-0.2, 0) is 11.3 Å². The summed E-state index contributed by atoms with van der Waals surface area (Å²) in [5.41, 5.74) is 6.10. The molecular formula is C15H10ClFN2O2. The predicted molar refractivity (Wildman–Crippen MR) is 76.1 cm³/mol. The van der Waals surface area contributed by atoms with Crippen LogP contribution in [0.3, 0.4) is 0 Å². The number of hydrogen-bond acceptors (Lipinski definition) is 4. The van der Waals surface area contributed by atoms with Gasteiger partial charge in [-0.15, -0.1) is 0 Å². The highest BCUT2D eigenvalue weighted by molar-refractivity contribution is 6.31. The van der Waals surface area contributed by atoms with Gasteiger partial charge >= 0.3 is 5.97 Å². The van der Waals surface area contributed by atoms with Gasteiger partial charge in [-0.25, -0.2) is 9.18 Å². The molecule has 0 saturated carbocycles. The smallest absolute Gasteiger partial charge is 0.338 e. The van der Waals surface area contributed by atoms with Crippen molar-refractivity contribution in [3.05, 3.63) is 63.9 Å². The number of ether oxygens (including phenoxy) is 1. The van der Waals surface area contributed by atoms with Crippen LogP contribution in [0.5, 0.6) is 0 Å². The molecular weight excluding hydrogens is 295 g/mol. The van der Waals surface area contributed by atoms with Gasteiger partial charge in [-0.2, -0.15) is 5.26 Å². The van der Waals surface area contributed by atoms with Gasteiger partial charge in [0.15, 0.2) is 0 Å². The molecule has 2 aromatic carbocycles. The third-order valence-electron chi connectivity index (χ3n) is 2.71. The summed E-state index contributed by atoms with van der Waals surface area (Å²) in [5, 5.41) is 9.04. The number of carbonyl (C=O) groups excluding carboxylic acids is 1. The first-order chi connectivity index (χ1) is 10.0. The van der Waals surface area contributed by atoms with E-state index in [0.29, 0.717) is 10.7 Å². The van der Waals surface area contributed by atoms with E-state index in [1.54, 1.807) is 6.07 Å². The Morgan fingerprint density at radius 3 is 2.81 bits per heavy atom. The molecule has 0 saturated heterocycles. The Labute approximate surface area is 125 Å². The van der Waals surface area contributed by atoms with Gasteiger partial charge in [-0.1, -0.05) is 23.7 Å². The number of carbonyl (C=O) groups is 1. The van der Waals surface area contributed by atoms with Crippen LogP contribution >= 0.6 is 11.6 Å². The third kappa shape index (κ3) is 3.50. The molecule has 0 aliphatic carbocycles. The summed E-state index contributed by atoms with van der Waals surface area (Å²) >= 11 is 5.79. The molecule has 0 unspecified atom stereocenters. The normalized spacial score (nSPS) is 9.95. The zero-order valence-corrected chi connectivity index (χ0v) is 11.5. The number of anilines is 1. The van der Waals surface area contributed by atoms with Gasteiger partial charge in [-0.3, -0.25) is 0 Å². The lowest BCUT2D eigenvalue weighted by Crippen LogP contribution is -2.07. The summed E-state index contributed by atoms with van der Waals surface area (Å²) in [6, 6.07) is 10.3. The Hall–Kier alpha value is -2.58. The van der Waals surface area contributed by atoms with Crippen LogP contribution in [0.15, 0.2) is 36.4 Å². The van der Waals surface area contributed by atoms with Crippen molar-refractivity contribution in [3.8, 4) is 6.07 Å². The molecule has 2 aromatic rings. The quantitative estimate of drug-likeness (QED) is 0.697. The molecule has 2 rings (SSSR count). The van der Waals surface area contributed by atoms with Crippen molar-refractivity contribution in [3.63, 3.8) is 0 Å². The number of nitrogen functional groups attached to an aromatic ring is 1. The van der Waals surface area contributed by atoms with Crippen LogP contribution in [0, 0.1) is 17.1 Å². The molecule has 106 valence electrons. The maximum absolute atomic E-state index is 13.8. The highest BCUT2D eigenvalue weighted by atomic mass is 35.5. The molecule has 0 heterocycles.